The van der Waals surface area contributed by atoms with Crippen LogP contribution in [0.25, 0.3) is 0 Å². The molecule has 1 fully saturated rings. The third kappa shape index (κ3) is 3.27. The zero-order valence-electron chi connectivity index (χ0n) is 11.2. The third-order valence-corrected chi connectivity index (χ3v) is 3.72. The fourth-order valence-electron chi connectivity index (χ4n) is 2.16. The molecule has 1 aromatic rings. The van der Waals surface area contributed by atoms with Crippen LogP contribution in [0.5, 0.6) is 0 Å². The summed E-state index contributed by atoms with van der Waals surface area (Å²) in [6, 6.07) is 7.09. The van der Waals surface area contributed by atoms with Crippen molar-refractivity contribution in [1.82, 2.24) is 5.32 Å². The van der Waals surface area contributed by atoms with Crippen LogP contribution in [0.2, 0.25) is 0 Å². The second-order valence-electron chi connectivity index (χ2n) is 5.29. The maximum absolute atomic E-state index is 14.0. The van der Waals surface area contributed by atoms with E-state index in [1.165, 1.54) is 24.3 Å². The molecule has 1 atom stereocenters. The Hall–Kier alpha value is -1.20. The number of nitrogens with one attached hydrogen (secondary N) is 1. The van der Waals surface area contributed by atoms with Crippen LogP contribution in [-0.2, 0) is 10.7 Å². The summed E-state index contributed by atoms with van der Waals surface area (Å²) in [4.78, 5) is 11.9. The van der Waals surface area contributed by atoms with E-state index in [1.54, 1.807) is 13.0 Å². The van der Waals surface area contributed by atoms with Crippen LogP contribution in [0.1, 0.15) is 25.3 Å². The predicted octanol–water partition coefficient (Wildman–Crippen LogP) is 2.44. The smallest absolute Gasteiger partial charge is 0.344 e. The lowest BCUT2D eigenvalue weighted by Gasteiger charge is -2.31. The van der Waals surface area contributed by atoms with Crippen molar-refractivity contribution in [3.63, 3.8) is 0 Å². The number of alkyl halides is 2. The van der Waals surface area contributed by atoms with Gasteiger partial charge < -0.3 is 11.1 Å². The second kappa shape index (κ2) is 6.06. The van der Waals surface area contributed by atoms with E-state index in [9.17, 15) is 13.6 Å². The second-order valence-corrected chi connectivity index (χ2v) is 5.29. The van der Waals surface area contributed by atoms with E-state index in [1.807, 2.05) is 0 Å². The van der Waals surface area contributed by atoms with Gasteiger partial charge in [0.25, 0.3) is 5.91 Å². The average molecular weight is 305 g/mol. The summed E-state index contributed by atoms with van der Waals surface area (Å²) in [7, 11) is 0. The zero-order chi connectivity index (χ0) is 14.1. The van der Waals surface area contributed by atoms with Crippen LogP contribution in [0.3, 0.4) is 0 Å². The minimum absolute atomic E-state index is 0. The molecule has 0 bridgehead atoms. The van der Waals surface area contributed by atoms with Gasteiger partial charge in [0.1, 0.15) is 0 Å². The van der Waals surface area contributed by atoms with Gasteiger partial charge in [-0.05, 0) is 25.7 Å². The number of amides is 1. The van der Waals surface area contributed by atoms with Crippen molar-refractivity contribution in [2.45, 2.75) is 31.2 Å². The van der Waals surface area contributed by atoms with Crippen LogP contribution in [0.4, 0.5) is 8.78 Å². The van der Waals surface area contributed by atoms with E-state index >= 15 is 0 Å². The quantitative estimate of drug-likeness (QED) is 0.878. The number of hydrogen-bond acceptors (Lipinski definition) is 2. The molecule has 1 aliphatic rings. The highest BCUT2D eigenvalue weighted by molar-refractivity contribution is 5.85. The first-order valence-corrected chi connectivity index (χ1v) is 6.36. The molecule has 0 saturated heterocycles. The summed E-state index contributed by atoms with van der Waals surface area (Å²) in [6.45, 7) is 1.89. The molecule has 0 heterocycles. The molecule has 1 amide bonds. The normalized spacial score (nSPS) is 17.8. The number of benzene rings is 1. The summed E-state index contributed by atoms with van der Waals surface area (Å²) >= 11 is 0. The SMILES string of the molecule is CC(CN)(NC(=O)C(F)(F)c1ccccc1)C1CC1.Cl. The van der Waals surface area contributed by atoms with Crippen molar-refractivity contribution >= 4 is 18.3 Å². The van der Waals surface area contributed by atoms with Crippen LogP contribution >= 0.6 is 12.4 Å². The molecule has 3 N–H and O–H groups in total. The molecule has 112 valence electrons. The number of hydrogen-bond donors (Lipinski definition) is 2. The molecule has 2 rings (SSSR count). The Balaban J connectivity index is 0.00000200. The first-order chi connectivity index (χ1) is 8.90. The monoisotopic (exact) mass is 304 g/mol. The van der Waals surface area contributed by atoms with Gasteiger partial charge in [0.2, 0.25) is 0 Å². The van der Waals surface area contributed by atoms with E-state index in [-0.39, 0.29) is 30.4 Å². The first kappa shape index (κ1) is 16.9. The fraction of sp³-hybridized carbons (Fsp3) is 0.500. The molecule has 1 saturated carbocycles. The first-order valence-electron chi connectivity index (χ1n) is 6.36. The van der Waals surface area contributed by atoms with Gasteiger partial charge in [0.05, 0.1) is 5.54 Å². The minimum atomic E-state index is -3.54. The van der Waals surface area contributed by atoms with Crippen molar-refractivity contribution < 1.29 is 13.6 Å². The highest BCUT2D eigenvalue weighted by Gasteiger charge is 2.47. The van der Waals surface area contributed by atoms with Crippen molar-refractivity contribution in [2.24, 2.45) is 11.7 Å². The molecular weight excluding hydrogens is 286 g/mol. The number of nitrogens with two attached hydrogens (primary N) is 1. The molecule has 0 aliphatic heterocycles. The van der Waals surface area contributed by atoms with E-state index in [4.69, 9.17) is 5.73 Å². The van der Waals surface area contributed by atoms with E-state index in [0.29, 0.717) is 0 Å². The van der Waals surface area contributed by atoms with Gasteiger partial charge in [-0.25, -0.2) is 0 Å². The molecule has 1 aromatic carbocycles. The van der Waals surface area contributed by atoms with Gasteiger partial charge in [-0.15, -0.1) is 12.4 Å². The fourth-order valence-corrected chi connectivity index (χ4v) is 2.16. The Labute approximate surface area is 123 Å². The van der Waals surface area contributed by atoms with Gasteiger partial charge in [0, 0.05) is 12.1 Å². The summed E-state index contributed by atoms with van der Waals surface area (Å²) < 4.78 is 28.1. The number of carbonyl (C=O) groups is 1. The largest absolute Gasteiger partial charge is 0.349 e. The molecule has 1 aliphatic carbocycles. The Kier molecular flexibility index (Phi) is 5.10. The van der Waals surface area contributed by atoms with E-state index < -0.39 is 17.4 Å². The zero-order valence-corrected chi connectivity index (χ0v) is 12.1. The highest BCUT2D eigenvalue weighted by atomic mass is 35.5. The third-order valence-electron chi connectivity index (χ3n) is 3.72. The molecule has 0 aromatic heterocycles. The number of carbonyl (C=O) groups excluding carboxylic acids is 1. The summed E-state index contributed by atoms with van der Waals surface area (Å²) in [5.41, 5.74) is 4.57. The topological polar surface area (TPSA) is 55.1 Å². The van der Waals surface area contributed by atoms with Crippen molar-refractivity contribution in [3.8, 4) is 0 Å². The van der Waals surface area contributed by atoms with Crippen molar-refractivity contribution in [3.05, 3.63) is 35.9 Å². The van der Waals surface area contributed by atoms with Gasteiger partial charge in [-0.2, -0.15) is 8.78 Å². The maximum atomic E-state index is 14.0. The molecule has 6 heteroatoms. The molecule has 1 unspecified atom stereocenters. The van der Waals surface area contributed by atoms with Gasteiger partial charge >= 0.3 is 5.92 Å². The maximum Gasteiger partial charge on any atom is 0.349 e. The minimum Gasteiger partial charge on any atom is -0.344 e. The average Bonchev–Trinajstić information content (AvgIpc) is 3.24. The molecule has 20 heavy (non-hydrogen) atoms. The Morgan fingerprint density at radius 2 is 1.90 bits per heavy atom. The van der Waals surface area contributed by atoms with Crippen LogP contribution in [-0.4, -0.2) is 18.0 Å². The number of rotatable bonds is 5. The van der Waals surface area contributed by atoms with E-state index in [0.717, 1.165) is 12.8 Å². The summed E-state index contributed by atoms with van der Waals surface area (Å²) in [5, 5.41) is 2.43. The lowest BCUT2D eigenvalue weighted by Crippen LogP contribution is -2.56. The van der Waals surface area contributed by atoms with E-state index in [2.05, 4.69) is 5.32 Å². The van der Waals surface area contributed by atoms with Crippen LogP contribution in [0, 0.1) is 5.92 Å². The molecular formula is C14H19ClF2N2O. The molecule has 0 spiro atoms. The lowest BCUT2D eigenvalue weighted by molar-refractivity contribution is -0.149. The molecule has 3 nitrogen and oxygen atoms in total. The van der Waals surface area contributed by atoms with Crippen LogP contribution in [0.15, 0.2) is 30.3 Å². The summed E-state index contributed by atoms with van der Waals surface area (Å²) in [5.74, 6) is -4.61. The van der Waals surface area contributed by atoms with Gasteiger partial charge in [-0.1, -0.05) is 30.3 Å². The molecule has 0 radical (unpaired) electrons. The highest BCUT2D eigenvalue weighted by Crippen LogP contribution is 2.40. The predicted molar refractivity (Wildman–Crippen MR) is 75.9 cm³/mol. The van der Waals surface area contributed by atoms with Crippen molar-refractivity contribution in [1.29, 1.82) is 0 Å². The standard InChI is InChI=1S/C14H18F2N2O.ClH/c1-13(9-17,10-7-8-10)18-12(19)14(15,16)11-5-3-2-4-6-11;/h2-6,10H,7-9,17H2,1H3,(H,18,19);1H. The van der Waals surface area contributed by atoms with Gasteiger partial charge in [-0.3, -0.25) is 4.79 Å². The number of halogens is 3. The Bertz CT molecular complexity index is 466. The van der Waals surface area contributed by atoms with Crippen molar-refractivity contribution in [2.75, 3.05) is 6.54 Å². The Morgan fingerprint density at radius 1 is 1.35 bits per heavy atom. The summed E-state index contributed by atoms with van der Waals surface area (Å²) in [6.07, 6.45) is 1.84. The lowest BCUT2D eigenvalue weighted by atomic mass is 9.95. The van der Waals surface area contributed by atoms with Crippen LogP contribution < -0.4 is 11.1 Å². The Morgan fingerprint density at radius 3 is 2.35 bits per heavy atom. The van der Waals surface area contributed by atoms with Gasteiger partial charge in [0.15, 0.2) is 0 Å².